The maximum absolute atomic E-state index is 14.6. The zero-order chi connectivity index (χ0) is 38.7. The summed E-state index contributed by atoms with van der Waals surface area (Å²) in [5, 5.41) is 10.9. The summed E-state index contributed by atoms with van der Waals surface area (Å²) in [6, 6.07) is 13.6. The van der Waals surface area contributed by atoms with Gasteiger partial charge in [0, 0.05) is 25.9 Å². The first kappa shape index (κ1) is 40.4. The molecule has 5 amide bonds. The number of carbonyl (C=O) groups is 6. The molecular weight excluding hydrogens is 690 g/mol. The van der Waals surface area contributed by atoms with Gasteiger partial charge >= 0.3 is 0 Å². The third-order valence-corrected chi connectivity index (χ3v) is 10.5. The van der Waals surface area contributed by atoms with E-state index in [4.69, 9.17) is 9.47 Å². The van der Waals surface area contributed by atoms with Crippen LogP contribution in [-0.2, 0) is 46.5 Å². The van der Waals surface area contributed by atoms with Gasteiger partial charge in [-0.15, -0.1) is 0 Å². The topological polar surface area (TPSA) is 172 Å². The quantitative estimate of drug-likeness (QED) is 0.254. The molecule has 292 valence electrons. The van der Waals surface area contributed by atoms with Gasteiger partial charge < -0.3 is 35.6 Å². The highest BCUT2D eigenvalue weighted by Gasteiger charge is 2.46. The molecule has 4 N–H and O–H groups in total. The summed E-state index contributed by atoms with van der Waals surface area (Å²) in [5.74, 6) is -3.05. The van der Waals surface area contributed by atoms with Crippen molar-refractivity contribution in [2.45, 2.75) is 121 Å². The fraction of sp³-hybridized carbons (Fsp3) is 0.561. The van der Waals surface area contributed by atoms with E-state index in [9.17, 15) is 28.8 Å². The lowest BCUT2D eigenvalue weighted by Crippen LogP contribution is -2.58. The third kappa shape index (κ3) is 11.4. The van der Waals surface area contributed by atoms with Crippen LogP contribution in [0.25, 0.3) is 0 Å². The van der Waals surface area contributed by atoms with Gasteiger partial charge in [-0.05, 0) is 62.3 Å². The van der Waals surface area contributed by atoms with Crippen molar-refractivity contribution in [2.75, 3.05) is 19.7 Å². The van der Waals surface area contributed by atoms with E-state index in [0.29, 0.717) is 25.2 Å². The SMILES string of the molecule is CCCC(NC(=O)C1C[C@@H]2CN1C(=O)[C@H](C1CCCCC1)NC(=O)Cc1cccc(c1)OCCC(C)(C)O2)C(=O)C(=O)NCC(=O)NCc1ccccc1. The van der Waals surface area contributed by atoms with Crippen LogP contribution in [0.15, 0.2) is 54.6 Å². The van der Waals surface area contributed by atoms with Crippen LogP contribution in [0.5, 0.6) is 5.75 Å². The molecule has 2 aromatic carbocycles. The van der Waals surface area contributed by atoms with Crippen molar-refractivity contribution in [1.82, 2.24) is 26.2 Å². The summed E-state index contributed by atoms with van der Waals surface area (Å²) >= 11 is 0. The van der Waals surface area contributed by atoms with Gasteiger partial charge in [-0.1, -0.05) is 75.1 Å². The zero-order valence-electron chi connectivity index (χ0n) is 31.7. The molecular formula is C41H55N5O8. The molecule has 1 aliphatic carbocycles. The number of ketones is 1. The van der Waals surface area contributed by atoms with Gasteiger partial charge in [0.05, 0.1) is 37.3 Å². The first-order chi connectivity index (χ1) is 25.9. The summed E-state index contributed by atoms with van der Waals surface area (Å²) in [6.45, 7) is 6.03. The molecule has 2 heterocycles. The number of hydrogen-bond acceptors (Lipinski definition) is 8. The van der Waals surface area contributed by atoms with Crippen LogP contribution in [0.2, 0.25) is 0 Å². The lowest BCUT2D eigenvalue weighted by Gasteiger charge is -2.35. The number of Topliss-reactive ketones (excluding diaryl/α,β-unsaturated/α-hetero) is 1. The Kier molecular flexibility index (Phi) is 14.2. The average molecular weight is 746 g/mol. The molecule has 2 aromatic rings. The Morgan fingerprint density at radius 1 is 0.981 bits per heavy atom. The van der Waals surface area contributed by atoms with E-state index in [2.05, 4.69) is 21.3 Å². The first-order valence-electron chi connectivity index (χ1n) is 19.3. The Morgan fingerprint density at radius 2 is 1.74 bits per heavy atom. The Balaban J connectivity index is 1.32. The van der Waals surface area contributed by atoms with E-state index in [1.807, 2.05) is 75.4 Å². The predicted molar refractivity (Wildman–Crippen MR) is 201 cm³/mol. The van der Waals surface area contributed by atoms with Crippen LogP contribution in [0.1, 0.15) is 89.7 Å². The standard InChI is InChI=1S/C41H55N5O8/c1-4-12-32(37(49)39(51)43-25-35(48)42-24-27-13-7-5-8-14-27)44-38(50)33-23-31-26-46(33)40(52)36(29-16-9-6-10-17-29)45-34(47)22-28-15-11-18-30(21-28)53-20-19-41(2,3)54-31/h5,7-8,11,13-15,18,21,29,31-33,36H,4,6,9-10,12,16-17,19-20,22-26H2,1-3H3,(H,42,48)(H,43,51)(H,44,50)(H,45,47)/t31-,32?,33?,36+/m1/s1. The van der Waals surface area contributed by atoms with E-state index in [0.717, 1.165) is 43.2 Å². The molecule has 0 radical (unpaired) electrons. The van der Waals surface area contributed by atoms with Crippen LogP contribution in [0, 0.1) is 5.92 Å². The molecule has 0 spiro atoms. The van der Waals surface area contributed by atoms with Crippen molar-refractivity contribution in [1.29, 1.82) is 0 Å². The molecule has 0 aromatic heterocycles. The Bertz CT molecular complexity index is 1640. The molecule has 3 aliphatic rings. The number of fused-ring (bicyclic) bond motifs is 4. The van der Waals surface area contributed by atoms with Crippen LogP contribution < -0.4 is 26.0 Å². The van der Waals surface area contributed by atoms with Crippen LogP contribution in [-0.4, -0.2) is 89.7 Å². The second-order valence-electron chi connectivity index (χ2n) is 15.3. The highest BCUT2D eigenvalue weighted by molar-refractivity contribution is 6.38. The molecule has 2 fully saturated rings. The largest absolute Gasteiger partial charge is 0.493 e. The maximum atomic E-state index is 14.6. The van der Waals surface area contributed by atoms with Gasteiger partial charge in [0.1, 0.15) is 17.8 Å². The van der Waals surface area contributed by atoms with Crippen molar-refractivity contribution in [3.63, 3.8) is 0 Å². The Morgan fingerprint density at radius 3 is 2.48 bits per heavy atom. The zero-order valence-corrected chi connectivity index (χ0v) is 31.7. The first-order valence-corrected chi connectivity index (χ1v) is 19.3. The minimum absolute atomic E-state index is 0.0619. The van der Waals surface area contributed by atoms with Crippen LogP contribution >= 0.6 is 0 Å². The van der Waals surface area contributed by atoms with Crippen molar-refractivity contribution in [3.05, 3.63) is 65.7 Å². The normalized spacial score (nSPS) is 22.6. The summed E-state index contributed by atoms with van der Waals surface area (Å²) < 4.78 is 12.6. The number of carbonyl (C=O) groups excluding carboxylic acids is 6. The van der Waals surface area contributed by atoms with Crippen LogP contribution in [0.3, 0.4) is 0 Å². The molecule has 13 heteroatoms. The number of ether oxygens (including phenoxy) is 2. The van der Waals surface area contributed by atoms with Gasteiger partial charge in [-0.25, -0.2) is 0 Å². The smallest absolute Gasteiger partial charge is 0.290 e. The molecule has 2 unspecified atom stereocenters. The number of nitrogens with one attached hydrogen (secondary N) is 4. The monoisotopic (exact) mass is 745 g/mol. The third-order valence-electron chi connectivity index (χ3n) is 10.5. The molecule has 5 rings (SSSR count). The Hall–Kier alpha value is -4.78. The van der Waals surface area contributed by atoms with Gasteiger partial charge in [-0.2, -0.15) is 0 Å². The molecule has 1 saturated carbocycles. The minimum atomic E-state index is -1.18. The lowest BCUT2D eigenvalue weighted by atomic mass is 9.83. The van der Waals surface area contributed by atoms with Crippen molar-refractivity contribution in [3.8, 4) is 5.75 Å². The van der Waals surface area contributed by atoms with E-state index in [1.54, 1.807) is 0 Å². The van der Waals surface area contributed by atoms with Crippen molar-refractivity contribution >= 4 is 35.3 Å². The lowest BCUT2D eigenvalue weighted by molar-refractivity contribution is -0.144. The fourth-order valence-corrected chi connectivity index (χ4v) is 7.57. The summed E-state index contributed by atoms with van der Waals surface area (Å²) in [7, 11) is 0. The Labute approximate surface area is 317 Å². The maximum Gasteiger partial charge on any atom is 0.290 e. The highest BCUT2D eigenvalue weighted by Crippen LogP contribution is 2.32. The molecule has 4 atom stereocenters. The predicted octanol–water partition coefficient (Wildman–Crippen LogP) is 3.13. The summed E-state index contributed by atoms with van der Waals surface area (Å²) in [6.07, 6.45) is 5.35. The average Bonchev–Trinajstić information content (AvgIpc) is 3.58. The molecule has 1 saturated heterocycles. The number of rotatable bonds is 11. The van der Waals surface area contributed by atoms with Crippen molar-refractivity contribution in [2.24, 2.45) is 5.92 Å². The molecule has 13 nitrogen and oxygen atoms in total. The fourth-order valence-electron chi connectivity index (χ4n) is 7.57. The van der Waals surface area contributed by atoms with Crippen LogP contribution in [0.4, 0.5) is 0 Å². The van der Waals surface area contributed by atoms with E-state index in [-0.39, 0.29) is 50.1 Å². The van der Waals surface area contributed by atoms with Gasteiger partial charge in [0.25, 0.3) is 5.91 Å². The number of nitrogens with zero attached hydrogens (tertiary/aromatic N) is 1. The summed E-state index contributed by atoms with van der Waals surface area (Å²) in [5.41, 5.74) is 0.975. The van der Waals surface area contributed by atoms with Gasteiger partial charge in [-0.3, -0.25) is 28.8 Å². The highest BCUT2D eigenvalue weighted by atomic mass is 16.5. The van der Waals surface area contributed by atoms with E-state index in [1.165, 1.54) is 4.90 Å². The number of benzene rings is 2. The van der Waals surface area contributed by atoms with Crippen molar-refractivity contribution < 1.29 is 38.2 Å². The molecule has 2 aliphatic heterocycles. The number of amides is 5. The molecule has 4 bridgehead atoms. The minimum Gasteiger partial charge on any atom is -0.493 e. The van der Waals surface area contributed by atoms with E-state index >= 15 is 0 Å². The second kappa shape index (κ2) is 19.0. The van der Waals surface area contributed by atoms with Gasteiger partial charge in [0.2, 0.25) is 29.4 Å². The van der Waals surface area contributed by atoms with Gasteiger partial charge in [0.15, 0.2) is 0 Å². The summed E-state index contributed by atoms with van der Waals surface area (Å²) in [4.78, 5) is 82.5. The van der Waals surface area contributed by atoms with E-state index < -0.39 is 59.9 Å². The number of hydrogen-bond donors (Lipinski definition) is 4. The second-order valence-corrected chi connectivity index (χ2v) is 15.3. The molecule has 54 heavy (non-hydrogen) atoms.